The van der Waals surface area contributed by atoms with Gasteiger partial charge in [-0.1, -0.05) is 24.3 Å². The van der Waals surface area contributed by atoms with Crippen LogP contribution in [0.25, 0.3) is 0 Å². The van der Waals surface area contributed by atoms with Gasteiger partial charge in [0.1, 0.15) is 0 Å². The van der Waals surface area contributed by atoms with Gasteiger partial charge < -0.3 is 0 Å². The second-order valence-corrected chi connectivity index (χ2v) is 5.35. The van der Waals surface area contributed by atoms with E-state index in [1.165, 1.54) is 36.4 Å². The fourth-order valence-electron chi connectivity index (χ4n) is 2.57. The van der Waals surface area contributed by atoms with Crippen molar-refractivity contribution in [3.63, 3.8) is 0 Å². The van der Waals surface area contributed by atoms with Crippen molar-refractivity contribution in [3.8, 4) is 0 Å². The molecule has 0 fully saturated rings. The molecule has 0 amide bonds. The van der Waals surface area contributed by atoms with Gasteiger partial charge in [-0.2, -0.15) is 0 Å². The fraction of sp³-hybridized carbons (Fsp3) is 0. The summed E-state index contributed by atoms with van der Waals surface area (Å²) < 4.78 is 0. The first-order valence-corrected chi connectivity index (χ1v) is 6.94. The maximum Gasteiger partial charge on any atom is 0.253 e. The van der Waals surface area contributed by atoms with Gasteiger partial charge in [0.25, 0.3) is 10.5 Å². The van der Waals surface area contributed by atoms with Crippen molar-refractivity contribution in [2.24, 2.45) is 0 Å². The molecule has 1 aliphatic rings. The number of carbonyl (C=O) groups is 4. The molecule has 0 bridgehead atoms. The van der Waals surface area contributed by atoms with Crippen molar-refractivity contribution in [1.29, 1.82) is 0 Å². The van der Waals surface area contributed by atoms with E-state index in [1.807, 2.05) is 0 Å². The topological polar surface area (TPSA) is 68.3 Å². The fourth-order valence-corrected chi connectivity index (χ4v) is 2.88. The number of ketones is 2. The molecule has 0 spiro atoms. The molecule has 2 aromatic rings. The minimum atomic E-state index is -0.851. The van der Waals surface area contributed by atoms with Crippen LogP contribution >= 0.6 is 23.2 Å². The molecule has 0 aliphatic heterocycles. The van der Waals surface area contributed by atoms with Crippen LogP contribution in [-0.4, -0.2) is 22.1 Å². The van der Waals surface area contributed by atoms with E-state index in [4.69, 9.17) is 23.2 Å². The maximum absolute atomic E-state index is 12.7. The van der Waals surface area contributed by atoms with Crippen LogP contribution in [0.3, 0.4) is 0 Å². The van der Waals surface area contributed by atoms with Crippen molar-refractivity contribution in [2.75, 3.05) is 0 Å². The Morgan fingerprint density at radius 3 is 1.45 bits per heavy atom. The molecule has 0 saturated heterocycles. The van der Waals surface area contributed by atoms with Gasteiger partial charge in [-0.15, -0.1) is 0 Å². The third-order valence-electron chi connectivity index (χ3n) is 3.50. The molecule has 3 rings (SSSR count). The molecule has 1 aliphatic carbocycles. The van der Waals surface area contributed by atoms with Crippen LogP contribution in [0.15, 0.2) is 36.4 Å². The van der Waals surface area contributed by atoms with E-state index in [9.17, 15) is 19.2 Å². The van der Waals surface area contributed by atoms with Crippen molar-refractivity contribution in [1.82, 2.24) is 0 Å². The Kier molecular flexibility index (Phi) is 3.43. The minimum Gasteiger partial charge on any atom is -0.289 e. The van der Waals surface area contributed by atoms with Gasteiger partial charge in [0.2, 0.25) is 0 Å². The largest absolute Gasteiger partial charge is 0.289 e. The Balaban J connectivity index is 2.39. The molecule has 4 nitrogen and oxygen atoms in total. The zero-order valence-electron chi connectivity index (χ0n) is 10.9. The van der Waals surface area contributed by atoms with Crippen molar-refractivity contribution >= 4 is 45.3 Å². The average molecular weight is 333 g/mol. The number of fused-ring (bicyclic) bond motifs is 2. The third-order valence-corrected chi connectivity index (χ3v) is 3.90. The first-order valence-electron chi connectivity index (χ1n) is 6.18. The smallest absolute Gasteiger partial charge is 0.253 e. The number of hydrogen-bond donors (Lipinski definition) is 0. The first-order chi connectivity index (χ1) is 10.4. The summed E-state index contributed by atoms with van der Waals surface area (Å²) in [6.45, 7) is 0. The molecule has 0 heterocycles. The normalized spacial score (nSPS) is 12.6. The van der Waals surface area contributed by atoms with Crippen LogP contribution in [0, 0.1) is 0 Å². The summed E-state index contributed by atoms with van der Waals surface area (Å²) in [5.74, 6) is -1.07. The van der Waals surface area contributed by atoms with Gasteiger partial charge in [-0.3, -0.25) is 19.2 Å². The van der Waals surface area contributed by atoms with E-state index in [0.29, 0.717) is 0 Å². The molecule has 0 radical (unpaired) electrons. The Bertz CT molecular complexity index is 814. The lowest BCUT2D eigenvalue weighted by molar-refractivity contribution is 0.0970. The van der Waals surface area contributed by atoms with Gasteiger partial charge >= 0.3 is 0 Å². The lowest BCUT2D eigenvalue weighted by Crippen LogP contribution is -2.25. The van der Waals surface area contributed by atoms with Gasteiger partial charge in [0, 0.05) is 33.4 Å². The molecule has 0 N–H and O–H groups in total. The van der Waals surface area contributed by atoms with E-state index >= 15 is 0 Å². The quantitative estimate of drug-likeness (QED) is 0.675. The summed E-state index contributed by atoms with van der Waals surface area (Å²) in [6.07, 6.45) is 0. The molecular weight excluding hydrogens is 327 g/mol. The van der Waals surface area contributed by atoms with Crippen LogP contribution < -0.4 is 0 Å². The number of benzene rings is 2. The van der Waals surface area contributed by atoms with Crippen molar-refractivity contribution in [2.45, 2.75) is 0 Å². The highest BCUT2D eigenvalue weighted by atomic mass is 35.5. The number of rotatable bonds is 2. The highest BCUT2D eigenvalue weighted by Gasteiger charge is 2.35. The van der Waals surface area contributed by atoms with Crippen LogP contribution in [0.5, 0.6) is 0 Å². The number of hydrogen-bond acceptors (Lipinski definition) is 4. The lowest BCUT2D eigenvalue weighted by Gasteiger charge is -2.20. The monoisotopic (exact) mass is 332 g/mol. The molecule has 0 unspecified atom stereocenters. The first kappa shape index (κ1) is 14.6. The Morgan fingerprint density at radius 2 is 1.09 bits per heavy atom. The van der Waals surface area contributed by atoms with Gasteiger partial charge in [-0.05, 0) is 35.3 Å². The summed E-state index contributed by atoms with van der Waals surface area (Å²) >= 11 is 11.0. The maximum atomic E-state index is 12.7. The van der Waals surface area contributed by atoms with Gasteiger partial charge in [0.15, 0.2) is 11.6 Å². The molecule has 2 aromatic carbocycles. The molecule has 0 saturated carbocycles. The highest BCUT2D eigenvalue weighted by molar-refractivity contribution is 6.69. The predicted octanol–water partition coefficient (Wildman–Crippen LogP) is 3.22. The second kappa shape index (κ2) is 5.16. The summed E-state index contributed by atoms with van der Waals surface area (Å²) in [5, 5.41) is -1.70. The summed E-state index contributed by atoms with van der Waals surface area (Å²) in [4.78, 5) is 48.3. The van der Waals surface area contributed by atoms with E-state index < -0.39 is 22.1 Å². The van der Waals surface area contributed by atoms with Crippen LogP contribution in [0.1, 0.15) is 52.6 Å². The van der Waals surface area contributed by atoms with Crippen LogP contribution in [0.2, 0.25) is 0 Å². The molecular formula is C16H6Cl2O4. The van der Waals surface area contributed by atoms with E-state index in [2.05, 4.69) is 0 Å². The van der Waals surface area contributed by atoms with Crippen molar-refractivity contribution < 1.29 is 19.2 Å². The van der Waals surface area contributed by atoms with E-state index in [1.54, 1.807) is 0 Å². The van der Waals surface area contributed by atoms with Gasteiger partial charge in [0.05, 0.1) is 0 Å². The second-order valence-electron chi connectivity index (χ2n) is 4.66. The molecule has 22 heavy (non-hydrogen) atoms. The van der Waals surface area contributed by atoms with Crippen LogP contribution in [-0.2, 0) is 0 Å². The van der Waals surface area contributed by atoms with E-state index in [0.717, 1.165) is 0 Å². The van der Waals surface area contributed by atoms with Gasteiger partial charge in [-0.25, -0.2) is 0 Å². The third kappa shape index (κ3) is 2.00. The minimum absolute atomic E-state index is 0.0695. The van der Waals surface area contributed by atoms with Crippen molar-refractivity contribution in [3.05, 3.63) is 69.8 Å². The highest BCUT2D eigenvalue weighted by Crippen LogP contribution is 2.32. The molecule has 0 aromatic heterocycles. The summed E-state index contributed by atoms with van der Waals surface area (Å²) in [6, 6.07) is 8.54. The average Bonchev–Trinajstić information content (AvgIpc) is 2.51. The lowest BCUT2D eigenvalue weighted by atomic mass is 9.80. The number of halogens is 2. The SMILES string of the molecule is O=C(Cl)c1cccc2c1C(=O)c1c(C(=O)Cl)cccc1C2=O. The Hall–Kier alpha value is -2.30. The van der Waals surface area contributed by atoms with E-state index in [-0.39, 0.29) is 33.4 Å². The molecule has 0 atom stereocenters. The molecule has 108 valence electrons. The van der Waals surface area contributed by atoms with Crippen LogP contribution in [0.4, 0.5) is 0 Å². The summed E-state index contributed by atoms with van der Waals surface area (Å²) in [7, 11) is 0. The standard InChI is InChI=1S/C16H6Cl2O4/c17-15(21)9-5-1-3-7-11(9)14(20)12-8(13(7)19)4-2-6-10(12)16(18)22/h1-6H. The zero-order chi connectivity index (χ0) is 16.0. The molecule has 6 heteroatoms. The zero-order valence-corrected chi connectivity index (χ0v) is 12.4. The Morgan fingerprint density at radius 1 is 0.682 bits per heavy atom. The summed E-state index contributed by atoms with van der Waals surface area (Å²) in [5.41, 5.74) is -0.151. The predicted molar refractivity (Wildman–Crippen MR) is 80.1 cm³/mol. The Labute approximate surface area is 134 Å². The number of carbonyl (C=O) groups excluding carboxylic acids is 4.